The molecule has 0 amide bonds. The van der Waals surface area contributed by atoms with Gasteiger partial charge in [0.2, 0.25) is 0 Å². The molecule has 0 aliphatic carbocycles. The van der Waals surface area contributed by atoms with Gasteiger partial charge in [0.1, 0.15) is 0 Å². The van der Waals surface area contributed by atoms with Crippen molar-refractivity contribution in [2.45, 2.75) is 25.4 Å². The summed E-state index contributed by atoms with van der Waals surface area (Å²) in [6.45, 7) is 3.67. The maximum atomic E-state index is 11.1. The average molecular weight is 296 g/mol. The number of benzene rings is 1. The maximum absolute atomic E-state index is 11.1. The van der Waals surface area contributed by atoms with Gasteiger partial charge in [-0.15, -0.1) is 0 Å². The first kappa shape index (κ1) is 13.8. The van der Waals surface area contributed by atoms with Gasteiger partial charge in [0.05, 0.1) is 4.92 Å². The quantitative estimate of drug-likeness (QED) is 0.687. The van der Waals surface area contributed by atoms with Crippen molar-refractivity contribution in [1.29, 1.82) is 0 Å². The number of hydrogen-bond acceptors (Lipinski definition) is 4. The minimum absolute atomic E-state index is 0.164. The summed E-state index contributed by atoms with van der Waals surface area (Å²) in [5.41, 5.74) is 0.873. The van der Waals surface area contributed by atoms with E-state index in [-0.39, 0.29) is 10.6 Å². The first-order valence-electron chi connectivity index (χ1n) is 7.02. The SMILES string of the molecule is O=[N+]([O-])c1ccc(Cl)cc1CN1C[C@@H]2CCCN[C@@H]2C1. The van der Waals surface area contributed by atoms with Gasteiger partial charge in [-0.2, -0.15) is 0 Å². The molecule has 2 aliphatic heterocycles. The highest BCUT2D eigenvalue weighted by Gasteiger charge is 2.34. The molecule has 0 unspecified atom stereocenters. The molecule has 2 aliphatic rings. The Labute approximate surface area is 123 Å². The smallest absolute Gasteiger partial charge is 0.273 e. The summed E-state index contributed by atoms with van der Waals surface area (Å²) in [6, 6.07) is 5.34. The van der Waals surface area contributed by atoms with Crippen LogP contribution in [0.4, 0.5) is 5.69 Å². The van der Waals surface area contributed by atoms with Crippen molar-refractivity contribution < 1.29 is 4.92 Å². The van der Waals surface area contributed by atoms with Gasteiger partial charge in [-0.1, -0.05) is 11.6 Å². The Morgan fingerprint density at radius 1 is 1.45 bits per heavy atom. The Hall–Kier alpha value is -1.17. The summed E-state index contributed by atoms with van der Waals surface area (Å²) in [5.74, 6) is 0.682. The molecule has 6 heteroatoms. The van der Waals surface area contributed by atoms with E-state index in [1.165, 1.54) is 18.9 Å². The van der Waals surface area contributed by atoms with Crippen LogP contribution in [-0.4, -0.2) is 35.5 Å². The molecule has 0 aromatic heterocycles. The van der Waals surface area contributed by atoms with E-state index in [4.69, 9.17) is 11.6 Å². The summed E-state index contributed by atoms with van der Waals surface area (Å²) in [4.78, 5) is 13.1. The van der Waals surface area contributed by atoms with Crippen LogP contribution >= 0.6 is 11.6 Å². The Morgan fingerprint density at radius 3 is 3.05 bits per heavy atom. The number of nitro benzene ring substituents is 1. The van der Waals surface area contributed by atoms with Crippen LogP contribution < -0.4 is 5.32 Å². The number of hydrogen-bond donors (Lipinski definition) is 1. The van der Waals surface area contributed by atoms with Crippen molar-refractivity contribution in [2.75, 3.05) is 19.6 Å². The summed E-state index contributed by atoms with van der Waals surface area (Å²) in [7, 11) is 0. The van der Waals surface area contributed by atoms with Crippen molar-refractivity contribution >= 4 is 17.3 Å². The Kier molecular flexibility index (Phi) is 3.92. The largest absolute Gasteiger partial charge is 0.312 e. The third kappa shape index (κ3) is 2.80. The second kappa shape index (κ2) is 5.68. The van der Waals surface area contributed by atoms with E-state index in [0.29, 0.717) is 29.1 Å². The molecule has 5 nitrogen and oxygen atoms in total. The minimum atomic E-state index is -0.326. The highest BCUT2D eigenvalue weighted by atomic mass is 35.5. The predicted octanol–water partition coefficient (Wildman–Crippen LogP) is 2.43. The van der Waals surface area contributed by atoms with Crippen molar-refractivity contribution in [3.05, 3.63) is 38.9 Å². The van der Waals surface area contributed by atoms with Crippen molar-refractivity contribution in [3.8, 4) is 0 Å². The highest BCUT2D eigenvalue weighted by molar-refractivity contribution is 6.30. The average Bonchev–Trinajstić information content (AvgIpc) is 2.80. The highest BCUT2D eigenvalue weighted by Crippen LogP contribution is 2.29. The van der Waals surface area contributed by atoms with Crippen LogP contribution in [0.15, 0.2) is 18.2 Å². The van der Waals surface area contributed by atoms with E-state index < -0.39 is 0 Å². The molecule has 108 valence electrons. The molecule has 1 aromatic carbocycles. The van der Waals surface area contributed by atoms with Crippen LogP contribution in [0, 0.1) is 16.0 Å². The molecular formula is C14H18ClN3O2. The van der Waals surface area contributed by atoms with Crippen LogP contribution in [0.5, 0.6) is 0 Å². The molecule has 0 saturated carbocycles. The standard InChI is InChI=1S/C14H18ClN3O2/c15-12-3-4-14(18(19)20)11(6-12)8-17-7-10-2-1-5-16-13(10)9-17/h3-4,6,10,13,16H,1-2,5,7-9H2/t10-,13+/m0/s1. The van der Waals surface area contributed by atoms with Crippen LogP contribution in [0.1, 0.15) is 18.4 Å². The number of halogens is 1. The fourth-order valence-electron chi connectivity index (χ4n) is 3.36. The van der Waals surface area contributed by atoms with E-state index in [2.05, 4.69) is 10.2 Å². The van der Waals surface area contributed by atoms with E-state index in [1.807, 2.05) is 0 Å². The zero-order valence-electron chi connectivity index (χ0n) is 11.2. The first-order chi connectivity index (χ1) is 9.63. The van der Waals surface area contributed by atoms with Gasteiger partial charge in [-0.05, 0) is 37.4 Å². The maximum Gasteiger partial charge on any atom is 0.273 e. The number of piperidine rings is 1. The first-order valence-corrected chi connectivity index (χ1v) is 7.40. The predicted molar refractivity (Wildman–Crippen MR) is 77.9 cm³/mol. The van der Waals surface area contributed by atoms with Crippen molar-refractivity contribution in [2.24, 2.45) is 5.92 Å². The second-order valence-corrected chi connectivity index (χ2v) is 6.12. The third-order valence-corrected chi connectivity index (χ3v) is 4.54. The van der Waals surface area contributed by atoms with Gasteiger partial charge in [0.25, 0.3) is 5.69 Å². The number of fused-ring (bicyclic) bond motifs is 1. The fraction of sp³-hybridized carbons (Fsp3) is 0.571. The topological polar surface area (TPSA) is 58.4 Å². The molecule has 2 fully saturated rings. The van der Waals surface area contributed by atoms with Gasteiger partial charge < -0.3 is 5.32 Å². The van der Waals surface area contributed by atoms with E-state index in [1.54, 1.807) is 12.1 Å². The van der Waals surface area contributed by atoms with Gasteiger partial charge >= 0.3 is 0 Å². The molecule has 1 N–H and O–H groups in total. The van der Waals surface area contributed by atoms with Crippen LogP contribution in [0.3, 0.4) is 0 Å². The zero-order chi connectivity index (χ0) is 14.1. The monoisotopic (exact) mass is 295 g/mol. The molecule has 2 atom stereocenters. The number of nitrogens with zero attached hydrogens (tertiary/aromatic N) is 2. The summed E-state index contributed by atoms with van der Waals surface area (Å²) < 4.78 is 0. The summed E-state index contributed by atoms with van der Waals surface area (Å²) >= 11 is 5.98. The normalized spacial score (nSPS) is 26.4. The lowest BCUT2D eigenvalue weighted by Gasteiger charge is -2.24. The van der Waals surface area contributed by atoms with Crippen molar-refractivity contribution in [3.63, 3.8) is 0 Å². The molecule has 0 bridgehead atoms. The number of nitrogens with one attached hydrogen (secondary N) is 1. The van der Waals surface area contributed by atoms with E-state index in [0.717, 1.165) is 19.6 Å². The molecule has 3 rings (SSSR count). The molecule has 2 heterocycles. The number of rotatable bonds is 3. The summed E-state index contributed by atoms with van der Waals surface area (Å²) in [6.07, 6.45) is 2.48. The van der Waals surface area contributed by atoms with Crippen LogP contribution in [0.2, 0.25) is 5.02 Å². The van der Waals surface area contributed by atoms with Crippen LogP contribution in [0.25, 0.3) is 0 Å². The molecule has 1 aromatic rings. The molecule has 20 heavy (non-hydrogen) atoms. The zero-order valence-corrected chi connectivity index (χ0v) is 12.0. The lowest BCUT2D eigenvalue weighted by atomic mass is 9.94. The molecule has 0 spiro atoms. The summed E-state index contributed by atoms with van der Waals surface area (Å²) in [5, 5.41) is 15.2. The molecule has 0 radical (unpaired) electrons. The van der Waals surface area contributed by atoms with Gasteiger partial charge in [-0.3, -0.25) is 15.0 Å². The fourth-order valence-corrected chi connectivity index (χ4v) is 3.56. The Bertz CT molecular complexity index is 509. The van der Waals surface area contributed by atoms with Crippen molar-refractivity contribution in [1.82, 2.24) is 10.2 Å². The van der Waals surface area contributed by atoms with Gasteiger partial charge in [0.15, 0.2) is 0 Å². The van der Waals surface area contributed by atoms with E-state index in [9.17, 15) is 10.1 Å². The van der Waals surface area contributed by atoms with E-state index >= 15 is 0 Å². The van der Waals surface area contributed by atoms with Gasteiger partial charge in [0, 0.05) is 42.3 Å². The number of nitro groups is 1. The Balaban J connectivity index is 1.75. The Morgan fingerprint density at radius 2 is 2.30 bits per heavy atom. The third-order valence-electron chi connectivity index (χ3n) is 4.31. The minimum Gasteiger partial charge on any atom is -0.312 e. The lowest BCUT2D eigenvalue weighted by Crippen LogP contribution is -2.40. The molecular weight excluding hydrogens is 278 g/mol. The number of likely N-dealkylation sites (tertiary alicyclic amines) is 1. The van der Waals surface area contributed by atoms with Crippen LogP contribution in [-0.2, 0) is 6.54 Å². The molecule has 2 saturated heterocycles. The van der Waals surface area contributed by atoms with Gasteiger partial charge in [-0.25, -0.2) is 0 Å². The second-order valence-electron chi connectivity index (χ2n) is 5.69. The lowest BCUT2D eigenvalue weighted by molar-refractivity contribution is -0.385.